The lowest BCUT2D eigenvalue weighted by molar-refractivity contribution is -0.242. The molecule has 1 fully saturated rings. The zero-order valence-corrected chi connectivity index (χ0v) is 8.78. The zero-order valence-electron chi connectivity index (χ0n) is 8.78. The molecule has 0 aromatic rings. The summed E-state index contributed by atoms with van der Waals surface area (Å²) in [6.45, 7) is 1.82. The van der Waals surface area contributed by atoms with E-state index in [9.17, 15) is 17.6 Å². The molecular weight excluding hydrogens is 210 g/mol. The molecule has 0 amide bonds. The Morgan fingerprint density at radius 3 is 2.13 bits per heavy atom. The summed E-state index contributed by atoms with van der Waals surface area (Å²) in [4.78, 5) is 0. The lowest BCUT2D eigenvalue weighted by atomic mass is 9.77. The first-order chi connectivity index (χ1) is 6.74. The summed E-state index contributed by atoms with van der Waals surface area (Å²) in [5.74, 6) is 0.149. The zero-order chi connectivity index (χ0) is 11.7. The third-order valence-electron chi connectivity index (χ3n) is 3.11. The van der Waals surface area contributed by atoms with Gasteiger partial charge in [-0.3, -0.25) is 0 Å². The molecule has 1 atom stereocenters. The molecule has 0 heterocycles. The van der Waals surface area contributed by atoms with Crippen LogP contribution in [0.3, 0.4) is 0 Å². The molecule has 0 spiro atoms. The van der Waals surface area contributed by atoms with E-state index in [4.69, 9.17) is 5.73 Å². The fraction of sp³-hybridized carbons (Fsp3) is 1.00. The highest BCUT2D eigenvalue weighted by molar-refractivity contribution is 4.92. The topological polar surface area (TPSA) is 26.0 Å². The van der Waals surface area contributed by atoms with E-state index in [0.717, 1.165) is 0 Å². The first-order valence-electron chi connectivity index (χ1n) is 5.26. The number of hydrogen-bond acceptors (Lipinski definition) is 1. The Morgan fingerprint density at radius 1 is 1.33 bits per heavy atom. The van der Waals surface area contributed by atoms with Gasteiger partial charge in [0.1, 0.15) is 0 Å². The maximum absolute atomic E-state index is 13.4. The molecule has 0 aromatic carbocycles. The van der Waals surface area contributed by atoms with Gasteiger partial charge in [-0.15, -0.1) is 0 Å². The summed E-state index contributed by atoms with van der Waals surface area (Å²) in [6, 6.07) is -0.0204. The van der Waals surface area contributed by atoms with Crippen molar-refractivity contribution in [1.29, 1.82) is 0 Å². The Bertz CT molecular complexity index is 204. The lowest BCUT2D eigenvalue weighted by Gasteiger charge is -2.35. The average Bonchev–Trinajstić information content (AvgIpc) is 2.06. The van der Waals surface area contributed by atoms with E-state index in [2.05, 4.69) is 0 Å². The highest BCUT2D eigenvalue weighted by Gasteiger charge is 2.56. The summed E-state index contributed by atoms with van der Waals surface area (Å²) in [6.07, 6.45) is -4.27. The standard InChI is InChI=1S/C10H17F4N/c1-7(15)6-8-2-4-9(11,5-3-8)10(12,13)14/h7-8H,2-6,15H2,1H3. The van der Waals surface area contributed by atoms with Crippen LogP contribution in [0.15, 0.2) is 0 Å². The summed E-state index contributed by atoms with van der Waals surface area (Å²) >= 11 is 0. The van der Waals surface area contributed by atoms with Gasteiger partial charge in [-0.25, -0.2) is 4.39 Å². The van der Waals surface area contributed by atoms with Crippen LogP contribution in [0.25, 0.3) is 0 Å². The number of hydrogen-bond donors (Lipinski definition) is 1. The van der Waals surface area contributed by atoms with Gasteiger partial charge in [0.05, 0.1) is 0 Å². The molecule has 2 N–H and O–H groups in total. The van der Waals surface area contributed by atoms with Crippen molar-refractivity contribution >= 4 is 0 Å². The maximum atomic E-state index is 13.4. The minimum Gasteiger partial charge on any atom is -0.328 e. The van der Waals surface area contributed by atoms with Gasteiger partial charge in [0.2, 0.25) is 5.67 Å². The van der Waals surface area contributed by atoms with Gasteiger partial charge in [0.25, 0.3) is 0 Å². The van der Waals surface area contributed by atoms with Crippen molar-refractivity contribution in [3.05, 3.63) is 0 Å². The van der Waals surface area contributed by atoms with Crippen molar-refractivity contribution in [2.24, 2.45) is 11.7 Å². The van der Waals surface area contributed by atoms with Crippen LogP contribution in [0, 0.1) is 5.92 Å². The summed E-state index contributed by atoms with van der Waals surface area (Å²) in [7, 11) is 0. The molecule has 1 saturated carbocycles. The van der Waals surface area contributed by atoms with Crippen molar-refractivity contribution in [3.63, 3.8) is 0 Å². The molecule has 90 valence electrons. The summed E-state index contributed by atoms with van der Waals surface area (Å²) in [5, 5.41) is 0. The molecule has 1 unspecified atom stereocenters. The highest BCUT2D eigenvalue weighted by Crippen LogP contribution is 2.46. The minimum absolute atomic E-state index is 0.0204. The maximum Gasteiger partial charge on any atom is 0.422 e. The van der Waals surface area contributed by atoms with Gasteiger partial charge in [-0.05, 0) is 44.9 Å². The Kier molecular flexibility index (Phi) is 3.63. The van der Waals surface area contributed by atoms with Crippen LogP contribution in [0.1, 0.15) is 39.0 Å². The van der Waals surface area contributed by atoms with Crippen LogP contribution < -0.4 is 5.73 Å². The number of halogens is 4. The quantitative estimate of drug-likeness (QED) is 0.720. The van der Waals surface area contributed by atoms with E-state index >= 15 is 0 Å². The van der Waals surface area contributed by atoms with Gasteiger partial charge in [0, 0.05) is 6.04 Å². The second-order valence-corrected chi connectivity index (χ2v) is 4.62. The Morgan fingerprint density at radius 2 is 1.80 bits per heavy atom. The van der Waals surface area contributed by atoms with Gasteiger partial charge in [-0.1, -0.05) is 0 Å². The van der Waals surface area contributed by atoms with Crippen LogP contribution >= 0.6 is 0 Å². The molecule has 5 heteroatoms. The van der Waals surface area contributed by atoms with E-state index in [1.54, 1.807) is 0 Å². The molecule has 15 heavy (non-hydrogen) atoms. The summed E-state index contributed by atoms with van der Waals surface area (Å²) in [5.41, 5.74) is 2.60. The van der Waals surface area contributed by atoms with Crippen molar-refractivity contribution < 1.29 is 17.6 Å². The predicted octanol–water partition coefficient (Wildman–Crippen LogP) is 3.18. The van der Waals surface area contributed by atoms with Crippen molar-refractivity contribution in [2.45, 2.75) is 56.9 Å². The molecule has 0 bridgehead atoms. The Balaban J connectivity index is 2.48. The van der Waals surface area contributed by atoms with Crippen LogP contribution in [-0.4, -0.2) is 17.9 Å². The smallest absolute Gasteiger partial charge is 0.328 e. The van der Waals surface area contributed by atoms with E-state index in [1.165, 1.54) is 0 Å². The second kappa shape index (κ2) is 4.28. The Hall–Kier alpha value is -0.320. The first kappa shape index (κ1) is 12.7. The Labute approximate surface area is 87.0 Å². The van der Waals surface area contributed by atoms with Crippen molar-refractivity contribution in [3.8, 4) is 0 Å². The van der Waals surface area contributed by atoms with E-state index in [0.29, 0.717) is 6.42 Å². The SMILES string of the molecule is CC(N)CC1CCC(F)(C(F)(F)F)CC1. The van der Waals surface area contributed by atoms with E-state index < -0.39 is 24.7 Å². The van der Waals surface area contributed by atoms with Crippen LogP contribution in [0.5, 0.6) is 0 Å². The lowest BCUT2D eigenvalue weighted by Crippen LogP contribution is -2.44. The molecular formula is C10H17F4N. The number of alkyl halides is 4. The molecule has 1 aliphatic carbocycles. The molecule has 0 saturated heterocycles. The fourth-order valence-corrected chi connectivity index (χ4v) is 2.18. The molecule has 1 rings (SSSR count). The third kappa shape index (κ3) is 3.06. The third-order valence-corrected chi connectivity index (χ3v) is 3.11. The van der Waals surface area contributed by atoms with Gasteiger partial charge in [-0.2, -0.15) is 13.2 Å². The monoisotopic (exact) mass is 227 g/mol. The number of nitrogens with two attached hydrogens (primary N) is 1. The van der Waals surface area contributed by atoms with E-state index in [-0.39, 0.29) is 24.8 Å². The van der Waals surface area contributed by atoms with Crippen LogP contribution in [-0.2, 0) is 0 Å². The number of rotatable bonds is 2. The van der Waals surface area contributed by atoms with Gasteiger partial charge < -0.3 is 5.73 Å². The molecule has 1 nitrogen and oxygen atoms in total. The van der Waals surface area contributed by atoms with Gasteiger partial charge >= 0.3 is 6.18 Å². The normalized spacial score (nSPS) is 35.2. The second-order valence-electron chi connectivity index (χ2n) is 4.62. The first-order valence-corrected chi connectivity index (χ1v) is 5.26. The fourth-order valence-electron chi connectivity index (χ4n) is 2.18. The van der Waals surface area contributed by atoms with E-state index in [1.807, 2.05) is 6.92 Å². The van der Waals surface area contributed by atoms with Crippen molar-refractivity contribution in [1.82, 2.24) is 0 Å². The average molecular weight is 227 g/mol. The predicted molar refractivity (Wildman–Crippen MR) is 50.1 cm³/mol. The summed E-state index contributed by atoms with van der Waals surface area (Å²) < 4.78 is 50.4. The molecule has 0 aromatic heterocycles. The van der Waals surface area contributed by atoms with Crippen LogP contribution in [0.4, 0.5) is 17.6 Å². The van der Waals surface area contributed by atoms with Gasteiger partial charge in [0.15, 0.2) is 0 Å². The molecule has 0 aliphatic heterocycles. The largest absolute Gasteiger partial charge is 0.422 e. The molecule has 0 radical (unpaired) electrons. The highest BCUT2D eigenvalue weighted by atomic mass is 19.4. The van der Waals surface area contributed by atoms with Crippen LogP contribution in [0.2, 0.25) is 0 Å². The van der Waals surface area contributed by atoms with Crippen molar-refractivity contribution in [2.75, 3.05) is 0 Å². The minimum atomic E-state index is -4.72. The molecule has 1 aliphatic rings.